The number of nitrogens with one attached hydrogen (secondary N) is 2. The normalized spacial score (nSPS) is 10.9. The molecule has 3 aromatic carbocycles. The fourth-order valence-corrected chi connectivity index (χ4v) is 4.01. The number of carbonyl (C=O) groups is 1. The number of carbonyl (C=O) groups excluding carboxylic acids is 1. The zero-order chi connectivity index (χ0) is 24.4. The highest BCUT2D eigenvalue weighted by molar-refractivity contribution is 6.11. The van der Waals surface area contributed by atoms with Crippen molar-refractivity contribution in [2.75, 3.05) is 7.11 Å². The van der Waals surface area contributed by atoms with Crippen LogP contribution in [0, 0.1) is 12.7 Å². The number of amides is 1. The Bertz CT molecular complexity index is 1510. The summed E-state index contributed by atoms with van der Waals surface area (Å²) in [6.45, 7) is 2.27. The van der Waals surface area contributed by atoms with Crippen LogP contribution in [0.4, 0.5) is 4.39 Å². The maximum atomic E-state index is 13.5. The second-order valence-electron chi connectivity index (χ2n) is 8.23. The molecule has 174 valence electrons. The standard InChI is InChI=1S/C28H23FN4O2/c1-17-7-11-19(12-8-17)26-25-22(28(34)30-16-18-9-13-20(29)14-10-18)15-23(31-27(25)33-32-26)21-5-3-4-6-24(21)35-2/h3-15H,16H2,1-2H3,(H,30,34)(H,31,32,33). The van der Waals surface area contributed by atoms with Gasteiger partial charge in [0.15, 0.2) is 5.65 Å². The summed E-state index contributed by atoms with van der Waals surface area (Å²) in [4.78, 5) is 18.2. The Morgan fingerprint density at radius 1 is 1.03 bits per heavy atom. The van der Waals surface area contributed by atoms with Gasteiger partial charge in [-0.05, 0) is 42.8 Å². The van der Waals surface area contributed by atoms with Gasteiger partial charge in [-0.2, -0.15) is 5.10 Å². The Morgan fingerprint density at radius 3 is 2.51 bits per heavy atom. The van der Waals surface area contributed by atoms with Gasteiger partial charge in [0.25, 0.3) is 5.91 Å². The van der Waals surface area contributed by atoms with E-state index < -0.39 is 0 Å². The van der Waals surface area contributed by atoms with Crippen LogP contribution in [0.2, 0.25) is 0 Å². The molecule has 0 saturated heterocycles. The molecule has 7 heteroatoms. The van der Waals surface area contributed by atoms with Gasteiger partial charge in [-0.3, -0.25) is 9.89 Å². The number of ether oxygens (including phenoxy) is 1. The van der Waals surface area contributed by atoms with Gasteiger partial charge in [-0.15, -0.1) is 0 Å². The molecule has 0 atom stereocenters. The lowest BCUT2D eigenvalue weighted by molar-refractivity contribution is 0.0952. The maximum absolute atomic E-state index is 13.5. The fraction of sp³-hybridized carbons (Fsp3) is 0.107. The number of para-hydroxylation sites is 1. The fourth-order valence-electron chi connectivity index (χ4n) is 4.01. The molecule has 0 aliphatic heterocycles. The molecule has 5 rings (SSSR count). The molecular formula is C28H23FN4O2. The summed E-state index contributed by atoms with van der Waals surface area (Å²) in [5, 5.41) is 11.1. The van der Waals surface area contributed by atoms with Gasteiger partial charge in [-0.1, -0.05) is 54.1 Å². The summed E-state index contributed by atoms with van der Waals surface area (Å²) in [5.41, 5.74) is 5.72. The highest BCUT2D eigenvalue weighted by Crippen LogP contribution is 2.34. The molecule has 0 radical (unpaired) electrons. The molecule has 0 aliphatic rings. The van der Waals surface area contributed by atoms with E-state index in [9.17, 15) is 9.18 Å². The number of H-pyrrole nitrogens is 1. The number of methoxy groups -OCH3 is 1. The van der Waals surface area contributed by atoms with Crippen LogP contribution in [-0.2, 0) is 6.54 Å². The predicted molar refractivity (Wildman–Crippen MR) is 134 cm³/mol. The van der Waals surface area contributed by atoms with Crippen molar-refractivity contribution in [2.24, 2.45) is 0 Å². The number of aryl methyl sites for hydroxylation is 1. The molecule has 1 amide bonds. The van der Waals surface area contributed by atoms with Crippen molar-refractivity contribution in [3.63, 3.8) is 0 Å². The Labute approximate surface area is 201 Å². The third-order valence-electron chi connectivity index (χ3n) is 5.86. The summed E-state index contributed by atoms with van der Waals surface area (Å²) in [5.74, 6) is 0.0393. The summed E-state index contributed by atoms with van der Waals surface area (Å²) in [6.07, 6.45) is 0. The van der Waals surface area contributed by atoms with Gasteiger partial charge in [0.2, 0.25) is 0 Å². The molecule has 0 spiro atoms. The number of hydrogen-bond donors (Lipinski definition) is 2. The summed E-state index contributed by atoms with van der Waals surface area (Å²) in [6, 6.07) is 23.3. The summed E-state index contributed by atoms with van der Waals surface area (Å²) >= 11 is 0. The molecule has 5 aromatic rings. The lowest BCUT2D eigenvalue weighted by Crippen LogP contribution is -2.23. The molecule has 2 aromatic heterocycles. The van der Waals surface area contributed by atoms with Crippen molar-refractivity contribution >= 4 is 16.9 Å². The minimum absolute atomic E-state index is 0.255. The minimum atomic E-state index is -0.321. The number of hydrogen-bond acceptors (Lipinski definition) is 4. The predicted octanol–water partition coefficient (Wildman–Crippen LogP) is 5.68. The first-order valence-electron chi connectivity index (χ1n) is 11.2. The molecule has 0 aliphatic carbocycles. The third kappa shape index (κ3) is 4.48. The molecule has 35 heavy (non-hydrogen) atoms. The zero-order valence-electron chi connectivity index (χ0n) is 19.3. The topological polar surface area (TPSA) is 79.9 Å². The van der Waals surface area contributed by atoms with E-state index in [4.69, 9.17) is 9.72 Å². The molecule has 0 unspecified atom stereocenters. The molecule has 2 N–H and O–H groups in total. The summed E-state index contributed by atoms with van der Waals surface area (Å²) < 4.78 is 18.8. The van der Waals surface area contributed by atoms with Crippen LogP contribution in [0.5, 0.6) is 5.75 Å². The number of aromatic amines is 1. The van der Waals surface area contributed by atoms with Crippen molar-refractivity contribution in [2.45, 2.75) is 13.5 Å². The SMILES string of the molecule is COc1ccccc1-c1cc(C(=O)NCc2ccc(F)cc2)c2c(-c3ccc(C)cc3)[nH]nc2n1. The first-order valence-corrected chi connectivity index (χ1v) is 11.2. The van der Waals surface area contributed by atoms with E-state index in [-0.39, 0.29) is 18.3 Å². The lowest BCUT2D eigenvalue weighted by Gasteiger charge is -2.12. The van der Waals surface area contributed by atoms with Crippen LogP contribution in [0.1, 0.15) is 21.5 Å². The molecule has 0 bridgehead atoms. The van der Waals surface area contributed by atoms with Gasteiger partial charge in [0.1, 0.15) is 11.6 Å². The second-order valence-corrected chi connectivity index (χ2v) is 8.23. The van der Waals surface area contributed by atoms with E-state index in [1.165, 1.54) is 12.1 Å². The third-order valence-corrected chi connectivity index (χ3v) is 5.86. The average molecular weight is 467 g/mol. The van der Waals surface area contributed by atoms with Gasteiger partial charge in [0, 0.05) is 17.7 Å². The first kappa shape index (κ1) is 22.3. The van der Waals surface area contributed by atoms with E-state index in [0.717, 1.165) is 22.3 Å². The minimum Gasteiger partial charge on any atom is -0.496 e. The van der Waals surface area contributed by atoms with Crippen molar-refractivity contribution in [1.82, 2.24) is 20.5 Å². The Balaban J connectivity index is 1.62. The molecule has 6 nitrogen and oxygen atoms in total. The van der Waals surface area contributed by atoms with Crippen LogP contribution >= 0.6 is 0 Å². The quantitative estimate of drug-likeness (QED) is 0.338. The first-order chi connectivity index (χ1) is 17.0. The van der Waals surface area contributed by atoms with Gasteiger partial charge in [-0.25, -0.2) is 9.37 Å². The van der Waals surface area contributed by atoms with Crippen molar-refractivity contribution < 1.29 is 13.9 Å². The van der Waals surface area contributed by atoms with E-state index in [1.54, 1.807) is 25.3 Å². The molecular weight excluding hydrogens is 443 g/mol. The van der Waals surface area contributed by atoms with Crippen molar-refractivity contribution in [3.05, 3.63) is 101 Å². The van der Waals surface area contributed by atoms with E-state index in [0.29, 0.717) is 33.7 Å². The van der Waals surface area contributed by atoms with Crippen LogP contribution in [0.3, 0.4) is 0 Å². The molecule has 0 fully saturated rings. The largest absolute Gasteiger partial charge is 0.496 e. The Kier molecular flexibility index (Phi) is 5.97. The highest BCUT2D eigenvalue weighted by Gasteiger charge is 2.21. The van der Waals surface area contributed by atoms with Gasteiger partial charge < -0.3 is 10.1 Å². The van der Waals surface area contributed by atoms with Gasteiger partial charge >= 0.3 is 0 Å². The van der Waals surface area contributed by atoms with E-state index >= 15 is 0 Å². The number of halogens is 1. The Hall–Kier alpha value is -4.52. The highest BCUT2D eigenvalue weighted by atomic mass is 19.1. The van der Waals surface area contributed by atoms with Crippen molar-refractivity contribution in [1.29, 1.82) is 0 Å². The molecule has 0 saturated carbocycles. The number of pyridine rings is 1. The maximum Gasteiger partial charge on any atom is 0.252 e. The molecule has 2 heterocycles. The smallest absolute Gasteiger partial charge is 0.252 e. The average Bonchev–Trinajstić information content (AvgIpc) is 3.32. The second kappa shape index (κ2) is 9.38. The number of nitrogens with zero attached hydrogens (tertiary/aromatic N) is 2. The number of rotatable bonds is 6. The number of fused-ring (bicyclic) bond motifs is 1. The van der Waals surface area contributed by atoms with Gasteiger partial charge in [0.05, 0.1) is 29.4 Å². The van der Waals surface area contributed by atoms with Crippen LogP contribution in [0.25, 0.3) is 33.5 Å². The Morgan fingerprint density at radius 2 is 1.77 bits per heavy atom. The zero-order valence-corrected chi connectivity index (χ0v) is 19.3. The van der Waals surface area contributed by atoms with Crippen LogP contribution < -0.4 is 10.1 Å². The number of aromatic nitrogens is 3. The van der Waals surface area contributed by atoms with Crippen molar-refractivity contribution in [3.8, 4) is 28.3 Å². The van der Waals surface area contributed by atoms with E-state index in [1.807, 2.05) is 55.5 Å². The monoisotopic (exact) mass is 466 g/mol. The van der Waals surface area contributed by atoms with Crippen LogP contribution in [-0.4, -0.2) is 28.2 Å². The van der Waals surface area contributed by atoms with Crippen LogP contribution in [0.15, 0.2) is 78.9 Å². The summed E-state index contributed by atoms with van der Waals surface area (Å²) in [7, 11) is 1.59. The van der Waals surface area contributed by atoms with E-state index in [2.05, 4.69) is 15.5 Å². The lowest BCUT2D eigenvalue weighted by atomic mass is 10.0. The number of benzene rings is 3.